The van der Waals surface area contributed by atoms with Crippen LogP contribution in [-0.4, -0.2) is 32.1 Å². The van der Waals surface area contributed by atoms with Crippen molar-refractivity contribution in [2.75, 3.05) is 19.8 Å². The van der Waals surface area contributed by atoms with Crippen molar-refractivity contribution in [3.8, 4) is 0 Å². The van der Waals surface area contributed by atoms with E-state index in [1.165, 1.54) is 6.40 Å². The smallest absolute Gasteiger partial charge is 0.307 e. The van der Waals surface area contributed by atoms with Gasteiger partial charge in [0.15, 0.2) is 6.40 Å². The van der Waals surface area contributed by atoms with Crippen molar-refractivity contribution in [3.63, 3.8) is 0 Å². The Morgan fingerprint density at radius 2 is 2.17 bits per heavy atom. The van der Waals surface area contributed by atoms with E-state index >= 15 is 0 Å². The lowest BCUT2D eigenvalue weighted by atomic mass is 10.4. The molecule has 0 unspecified atom stereocenters. The van der Waals surface area contributed by atoms with E-state index in [1.54, 1.807) is 6.92 Å². The summed E-state index contributed by atoms with van der Waals surface area (Å²) in [6, 6.07) is 0. The summed E-state index contributed by atoms with van der Waals surface area (Å²) in [5, 5.41) is 0. The fourth-order valence-electron chi connectivity index (χ4n) is 0.569. The van der Waals surface area contributed by atoms with Crippen LogP contribution in [0.5, 0.6) is 0 Å². The number of ether oxygens (including phenoxy) is 2. The number of nitrogens with zero attached hydrogens (tertiary/aromatic N) is 1. The third-order valence-electron chi connectivity index (χ3n) is 1.07. The van der Waals surface area contributed by atoms with Crippen LogP contribution in [0.25, 0.3) is 0 Å². The van der Waals surface area contributed by atoms with Crippen molar-refractivity contribution in [2.24, 2.45) is 4.99 Å². The van der Waals surface area contributed by atoms with Crippen molar-refractivity contribution in [1.29, 1.82) is 0 Å². The van der Waals surface area contributed by atoms with Gasteiger partial charge in [0, 0.05) is 0 Å². The quantitative estimate of drug-likeness (QED) is 0.342. The van der Waals surface area contributed by atoms with Crippen LogP contribution in [0.1, 0.15) is 20.3 Å². The first kappa shape index (κ1) is 10.9. The molecule has 70 valence electrons. The molecule has 0 amide bonds. The number of carbonyl (C=O) groups is 1. The molecule has 0 saturated carbocycles. The molecule has 0 spiro atoms. The molecule has 0 aromatic heterocycles. The Morgan fingerprint density at radius 1 is 1.42 bits per heavy atom. The van der Waals surface area contributed by atoms with Crippen LogP contribution < -0.4 is 0 Å². The monoisotopic (exact) mass is 173 g/mol. The van der Waals surface area contributed by atoms with Crippen LogP contribution in [0.4, 0.5) is 0 Å². The number of carbonyl (C=O) groups excluding carboxylic acids is 1. The van der Waals surface area contributed by atoms with E-state index in [2.05, 4.69) is 4.99 Å². The van der Waals surface area contributed by atoms with Gasteiger partial charge in [0.25, 0.3) is 0 Å². The van der Waals surface area contributed by atoms with Crippen LogP contribution in [-0.2, 0) is 14.3 Å². The lowest BCUT2D eigenvalue weighted by Gasteiger charge is -1.97. The van der Waals surface area contributed by atoms with Gasteiger partial charge in [-0.2, -0.15) is 0 Å². The summed E-state index contributed by atoms with van der Waals surface area (Å²) in [5.41, 5.74) is 0. The Labute approximate surface area is 72.6 Å². The molecule has 0 saturated heterocycles. The zero-order valence-corrected chi connectivity index (χ0v) is 7.58. The van der Waals surface area contributed by atoms with Gasteiger partial charge in [0.05, 0.1) is 26.2 Å². The molecule has 0 aliphatic rings. The van der Waals surface area contributed by atoms with E-state index in [4.69, 9.17) is 9.47 Å². The van der Waals surface area contributed by atoms with Gasteiger partial charge in [-0.25, -0.2) is 0 Å². The molecule has 0 aromatic carbocycles. The molecule has 0 N–H and O–H groups in total. The van der Waals surface area contributed by atoms with Crippen LogP contribution in [0, 0.1) is 0 Å². The van der Waals surface area contributed by atoms with Gasteiger partial charge in [-0.05, 0) is 13.8 Å². The molecule has 0 aliphatic heterocycles. The second kappa shape index (κ2) is 8.04. The topological polar surface area (TPSA) is 47.9 Å². The third kappa shape index (κ3) is 7.05. The summed E-state index contributed by atoms with van der Waals surface area (Å²) in [4.78, 5) is 14.6. The average Bonchev–Trinajstić information content (AvgIpc) is 2.05. The molecule has 12 heavy (non-hydrogen) atoms. The van der Waals surface area contributed by atoms with Gasteiger partial charge in [0.1, 0.15) is 0 Å². The first-order valence-corrected chi connectivity index (χ1v) is 4.06. The van der Waals surface area contributed by atoms with Gasteiger partial charge < -0.3 is 9.47 Å². The number of aliphatic imine (C=N–C) groups is 1. The second-order valence-electron chi connectivity index (χ2n) is 2.02. The van der Waals surface area contributed by atoms with Crippen LogP contribution >= 0.6 is 0 Å². The van der Waals surface area contributed by atoms with Crippen LogP contribution in [0.15, 0.2) is 4.99 Å². The zero-order valence-electron chi connectivity index (χ0n) is 7.58. The number of esters is 1. The second-order valence-corrected chi connectivity index (χ2v) is 2.02. The summed E-state index contributed by atoms with van der Waals surface area (Å²) < 4.78 is 9.53. The molecule has 0 fully saturated rings. The molecule has 0 aromatic rings. The lowest BCUT2D eigenvalue weighted by molar-refractivity contribution is -0.142. The van der Waals surface area contributed by atoms with E-state index in [9.17, 15) is 4.79 Å². The summed E-state index contributed by atoms with van der Waals surface area (Å²) in [7, 11) is 0. The highest BCUT2D eigenvalue weighted by molar-refractivity contribution is 5.69. The highest BCUT2D eigenvalue weighted by Crippen LogP contribution is 1.86. The normalized spacial score (nSPS) is 10.2. The Morgan fingerprint density at radius 3 is 2.75 bits per heavy atom. The molecule has 0 atom stereocenters. The Balaban J connectivity index is 3.24. The van der Waals surface area contributed by atoms with Gasteiger partial charge in [-0.15, -0.1) is 0 Å². The Hall–Kier alpha value is -1.06. The fourth-order valence-corrected chi connectivity index (χ4v) is 0.569. The third-order valence-corrected chi connectivity index (χ3v) is 1.07. The standard InChI is InChI=1S/C8H15NO3/c1-3-11-7-9-6-5-8(10)12-4-2/h7H,3-6H2,1-2H3. The molecular weight excluding hydrogens is 158 g/mol. The van der Waals surface area contributed by atoms with E-state index < -0.39 is 0 Å². The maximum absolute atomic E-state index is 10.7. The molecule has 0 bridgehead atoms. The van der Waals surface area contributed by atoms with Gasteiger partial charge >= 0.3 is 5.97 Å². The van der Waals surface area contributed by atoms with Crippen molar-refractivity contribution in [1.82, 2.24) is 0 Å². The number of rotatable bonds is 6. The van der Waals surface area contributed by atoms with Gasteiger partial charge in [-0.3, -0.25) is 9.79 Å². The largest absolute Gasteiger partial charge is 0.484 e. The van der Waals surface area contributed by atoms with Crippen molar-refractivity contribution in [2.45, 2.75) is 20.3 Å². The summed E-state index contributed by atoms with van der Waals surface area (Å²) >= 11 is 0. The minimum absolute atomic E-state index is 0.217. The van der Waals surface area contributed by atoms with Crippen molar-refractivity contribution >= 4 is 12.4 Å². The maximum atomic E-state index is 10.7. The highest BCUT2D eigenvalue weighted by Gasteiger charge is 1.97. The van der Waals surface area contributed by atoms with Crippen LogP contribution in [0.2, 0.25) is 0 Å². The fraction of sp³-hybridized carbons (Fsp3) is 0.750. The first-order valence-electron chi connectivity index (χ1n) is 4.06. The first-order chi connectivity index (χ1) is 5.81. The zero-order chi connectivity index (χ0) is 9.23. The average molecular weight is 173 g/mol. The number of hydrogen-bond donors (Lipinski definition) is 0. The van der Waals surface area contributed by atoms with E-state index in [1.807, 2.05) is 6.92 Å². The lowest BCUT2D eigenvalue weighted by Crippen LogP contribution is -2.05. The molecule has 0 heterocycles. The predicted molar refractivity (Wildman–Crippen MR) is 46.2 cm³/mol. The highest BCUT2D eigenvalue weighted by atomic mass is 16.5. The van der Waals surface area contributed by atoms with E-state index in [0.29, 0.717) is 26.2 Å². The van der Waals surface area contributed by atoms with Crippen molar-refractivity contribution < 1.29 is 14.3 Å². The minimum atomic E-state index is -0.217. The maximum Gasteiger partial charge on any atom is 0.307 e. The van der Waals surface area contributed by atoms with E-state index in [-0.39, 0.29) is 5.97 Å². The molecule has 4 heteroatoms. The van der Waals surface area contributed by atoms with Crippen molar-refractivity contribution in [3.05, 3.63) is 0 Å². The molecule has 0 aliphatic carbocycles. The SMILES string of the molecule is CCOC=NCCC(=O)OCC. The Bertz CT molecular complexity index is 145. The Kier molecular flexibility index (Phi) is 7.33. The minimum Gasteiger partial charge on any atom is -0.484 e. The molecule has 4 nitrogen and oxygen atoms in total. The summed E-state index contributed by atoms with van der Waals surface area (Å²) in [5.74, 6) is -0.217. The van der Waals surface area contributed by atoms with Gasteiger partial charge in [-0.1, -0.05) is 0 Å². The molecular formula is C8H15NO3. The van der Waals surface area contributed by atoms with Crippen LogP contribution in [0.3, 0.4) is 0 Å². The summed E-state index contributed by atoms with van der Waals surface area (Å²) in [6.07, 6.45) is 1.68. The van der Waals surface area contributed by atoms with Gasteiger partial charge in [0.2, 0.25) is 0 Å². The number of hydrogen-bond acceptors (Lipinski definition) is 4. The van der Waals surface area contributed by atoms with E-state index in [0.717, 1.165) is 0 Å². The summed E-state index contributed by atoms with van der Waals surface area (Å²) in [6.45, 7) is 5.11. The molecule has 0 rings (SSSR count). The molecule has 0 radical (unpaired) electrons. The predicted octanol–water partition coefficient (Wildman–Crippen LogP) is 1.00.